The number of nitrogens with two attached hydrogens (primary N) is 1. The molecule has 0 spiro atoms. The van der Waals surface area contributed by atoms with Gasteiger partial charge in [-0.25, -0.2) is 4.98 Å². The first kappa shape index (κ1) is 22.0. The van der Waals surface area contributed by atoms with E-state index in [0.717, 1.165) is 48.5 Å². The molecule has 1 aromatic heterocycles. The van der Waals surface area contributed by atoms with Gasteiger partial charge in [-0.05, 0) is 45.5 Å². The number of hydrogen-bond donors (Lipinski definition) is 2. The van der Waals surface area contributed by atoms with E-state index in [-0.39, 0.29) is 0 Å². The molecule has 0 aliphatic rings. The monoisotopic (exact) mass is 385 g/mol. The molecule has 28 heavy (non-hydrogen) atoms. The molecule has 154 valence electrons. The summed E-state index contributed by atoms with van der Waals surface area (Å²) in [7, 11) is 4.14. The number of para-hydroxylation sites is 1. The maximum atomic E-state index is 6.27. The summed E-state index contributed by atoms with van der Waals surface area (Å²) >= 11 is 0. The Balaban J connectivity index is 2.04. The zero-order valence-corrected chi connectivity index (χ0v) is 17.8. The van der Waals surface area contributed by atoms with Crippen molar-refractivity contribution in [3.05, 3.63) is 41.1 Å². The van der Waals surface area contributed by atoms with Crippen LogP contribution in [-0.4, -0.2) is 48.7 Å². The molecule has 1 aromatic carbocycles. The molecule has 6 heteroatoms. The van der Waals surface area contributed by atoms with E-state index in [9.17, 15) is 0 Å². The predicted octanol–water partition coefficient (Wildman–Crippen LogP) is 3.89. The Labute approximate surface area is 169 Å². The van der Waals surface area contributed by atoms with Gasteiger partial charge in [0.25, 0.3) is 0 Å². The van der Waals surface area contributed by atoms with Crippen LogP contribution < -0.4 is 15.8 Å². The molecule has 1 heterocycles. The quantitative estimate of drug-likeness (QED) is 0.540. The van der Waals surface area contributed by atoms with E-state index >= 15 is 0 Å². The summed E-state index contributed by atoms with van der Waals surface area (Å²) in [4.78, 5) is 11.2. The van der Waals surface area contributed by atoms with Crippen molar-refractivity contribution in [3.8, 4) is 5.75 Å². The maximum Gasteiger partial charge on any atom is 0.224 e. The topological polar surface area (TPSA) is 76.3 Å². The Bertz CT molecular complexity index is 710. The summed E-state index contributed by atoms with van der Waals surface area (Å²) < 4.78 is 6.02. The highest BCUT2D eigenvalue weighted by Gasteiger charge is 2.13. The summed E-state index contributed by atoms with van der Waals surface area (Å²) in [6.45, 7) is 6.76. The minimum atomic E-state index is 0.535. The molecule has 6 nitrogen and oxygen atoms in total. The number of nitrogens with zero attached hydrogens (tertiary/aromatic N) is 3. The van der Waals surface area contributed by atoms with Crippen LogP contribution in [0.1, 0.15) is 49.4 Å². The zero-order chi connectivity index (χ0) is 20.4. The van der Waals surface area contributed by atoms with Crippen molar-refractivity contribution in [3.63, 3.8) is 0 Å². The fourth-order valence-electron chi connectivity index (χ4n) is 3.04. The molecular formula is C22H35N5O. The lowest BCUT2D eigenvalue weighted by molar-refractivity contribution is 0.280. The molecule has 0 fully saturated rings. The molecule has 0 bridgehead atoms. The first-order valence-electron chi connectivity index (χ1n) is 10.2. The summed E-state index contributed by atoms with van der Waals surface area (Å²) in [5.74, 6) is 2.05. The van der Waals surface area contributed by atoms with Crippen LogP contribution in [-0.2, 0) is 6.42 Å². The normalized spacial score (nSPS) is 11.0. The van der Waals surface area contributed by atoms with Gasteiger partial charge in [-0.2, -0.15) is 4.98 Å². The summed E-state index contributed by atoms with van der Waals surface area (Å²) in [5.41, 5.74) is 9.25. The fraction of sp³-hybridized carbons (Fsp3) is 0.545. The number of hydrogen-bond acceptors (Lipinski definition) is 6. The van der Waals surface area contributed by atoms with Crippen LogP contribution in [0.25, 0.3) is 0 Å². The Morgan fingerprint density at radius 2 is 1.89 bits per heavy atom. The largest absolute Gasteiger partial charge is 0.493 e. The van der Waals surface area contributed by atoms with E-state index in [1.165, 1.54) is 12.8 Å². The number of nitrogen functional groups attached to an aromatic ring is 1. The summed E-state index contributed by atoms with van der Waals surface area (Å²) in [6.07, 6.45) is 5.16. The highest BCUT2D eigenvalue weighted by atomic mass is 16.5. The van der Waals surface area contributed by atoms with Gasteiger partial charge < -0.3 is 20.7 Å². The van der Waals surface area contributed by atoms with E-state index < -0.39 is 0 Å². The van der Waals surface area contributed by atoms with Crippen molar-refractivity contribution in [2.24, 2.45) is 0 Å². The van der Waals surface area contributed by atoms with E-state index in [1.54, 1.807) is 0 Å². The minimum absolute atomic E-state index is 0.535. The van der Waals surface area contributed by atoms with Gasteiger partial charge in [0.2, 0.25) is 5.95 Å². The van der Waals surface area contributed by atoms with Crippen molar-refractivity contribution < 1.29 is 4.74 Å². The van der Waals surface area contributed by atoms with Gasteiger partial charge in [-0.1, -0.05) is 38.0 Å². The number of anilines is 2. The number of benzene rings is 1. The van der Waals surface area contributed by atoms with Gasteiger partial charge >= 0.3 is 0 Å². The van der Waals surface area contributed by atoms with Gasteiger partial charge in [0.05, 0.1) is 6.61 Å². The van der Waals surface area contributed by atoms with Crippen molar-refractivity contribution in [2.45, 2.75) is 46.0 Å². The van der Waals surface area contributed by atoms with Crippen molar-refractivity contribution in [1.29, 1.82) is 0 Å². The highest BCUT2D eigenvalue weighted by Crippen LogP contribution is 2.25. The third-order valence-corrected chi connectivity index (χ3v) is 4.66. The minimum Gasteiger partial charge on any atom is -0.493 e. The second-order valence-corrected chi connectivity index (χ2v) is 7.42. The second kappa shape index (κ2) is 11.5. The number of aromatic nitrogens is 2. The number of aryl methyl sites for hydroxylation is 1. The summed E-state index contributed by atoms with van der Waals surface area (Å²) in [6, 6.07) is 8.12. The van der Waals surface area contributed by atoms with Gasteiger partial charge in [0, 0.05) is 30.8 Å². The molecular weight excluding hydrogens is 350 g/mol. The molecule has 3 N–H and O–H groups in total. The van der Waals surface area contributed by atoms with E-state index in [0.29, 0.717) is 24.8 Å². The van der Waals surface area contributed by atoms with Crippen molar-refractivity contribution in [2.75, 3.05) is 44.8 Å². The maximum absolute atomic E-state index is 6.27. The molecule has 2 rings (SSSR count). The Hall–Kier alpha value is -2.34. The lowest BCUT2D eigenvalue weighted by atomic mass is 10.0. The zero-order valence-electron chi connectivity index (χ0n) is 17.8. The van der Waals surface area contributed by atoms with Crippen LogP contribution in [0, 0.1) is 6.92 Å². The highest BCUT2D eigenvalue weighted by molar-refractivity contribution is 5.50. The van der Waals surface area contributed by atoms with E-state index in [4.69, 9.17) is 10.5 Å². The molecule has 0 aliphatic carbocycles. The molecule has 0 aliphatic heterocycles. The Kier molecular flexibility index (Phi) is 9.01. The van der Waals surface area contributed by atoms with E-state index in [1.807, 2.05) is 25.1 Å². The lowest BCUT2D eigenvalue weighted by Gasteiger charge is -2.15. The number of unbranched alkanes of at least 4 members (excludes halogenated alkanes) is 2. The van der Waals surface area contributed by atoms with Gasteiger partial charge in [-0.3, -0.25) is 0 Å². The van der Waals surface area contributed by atoms with Crippen LogP contribution in [0.3, 0.4) is 0 Å². The standard InChI is InChI=1S/C22H35N5O/c1-5-6-9-13-24-22-25-17(2)19(21(23)26-22)16-18-11-7-8-12-20(18)28-15-10-14-27(3)4/h7-8,11-12H,5-6,9-10,13-16H2,1-4H3,(H3,23,24,25,26). The van der Waals surface area contributed by atoms with E-state index in [2.05, 4.69) is 47.3 Å². The number of ether oxygens (including phenoxy) is 1. The third-order valence-electron chi connectivity index (χ3n) is 4.66. The third kappa shape index (κ3) is 7.00. The molecule has 0 amide bonds. The SMILES string of the molecule is CCCCCNc1nc(C)c(Cc2ccccc2OCCCN(C)C)c(N)n1. The second-order valence-electron chi connectivity index (χ2n) is 7.42. The van der Waals surface area contributed by atoms with Crippen molar-refractivity contribution >= 4 is 11.8 Å². The molecule has 0 radical (unpaired) electrons. The van der Waals surface area contributed by atoms with Gasteiger partial charge in [0.1, 0.15) is 11.6 Å². The van der Waals surface area contributed by atoms with Gasteiger partial charge in [-0.15, -0.1) is 0 Å². The predicted molar refractivity (Wildman–Crippen MR) is 117 cm³/mol. The first-order chi connectivity index (χ1) is 13.5. The fourth-order valence-corrected chi connectivity index (χ4v) is 3.04. The Morgan fingerprint density at radius 3 is 2.61 bits per heavy atom. The van der Waals surface area contributed by atoms with Crippen molar-refractivity contribution in [1.82, 2.24) is 14.9 Å². The Morgan fingerprint density at radius 1 is 1.11 bits per heavy atom. The van der Waals surface area contributed by atoms with Crippen LogP contribution in [0.2, 0.25) is 0 Å². The molecule has 0 unspecified atom stereocenters. The van der Waals surface area contributed by atoms with Gasteiger partial charge in [0.15, 0.2) is 0 Å². The molecule has 0 atom stereocenters. The average molecular weight is 386 g/mol. The average Bonchev–Trinajstić information content (AvgIpc) is 2.66. The number of rotatable bonds is 12. The van der Waals surface area contributed by atoms with Crippen LogP contribution >= 0.6 is 0 Å². The smallest absolute Gasteiger partial charge is 0.224 e. The van der Waals surface area contributed by atoms with Crippen LogP contribution in [0.4, 0.5) is 11.8 Å². The molecule has 0 saturated carbocycles. The summed E-state index contributed by atoms with van der Waals surface area (Å²) in [5, 5.41) is 3.28. The van der Waals surface area contributed by atoms with Crippen LogP contribution in [0.15, 0.2) is 24.3 Å². The van der Waals surface area contributed by atoms with Crippen LogP contribution in [0.5, 0.6) is 5.75 Å². The number of nitrogens with one attached hydrogen (secondary N) is 1. The lowest BCUT2D eigenvalue weighted by Crippen LogP contribution is -2.16. The first-order valence-corrected chi connectivity index (χ1v) is 10.2. The molecule has 2 aromatic rings. The molecule has 0 saturated heterocycles.